The Morgan fingerprint density at radius 1 is 1.33 bits per heavy atom. The second-order valence-electron chi connectivity index (χ2n) is 6.94. The first-order chi connectivity index (χ1) is 14.3. The van der Waals surface area contributed by atoms with Crippen molar-refractivity contribution in [2.24, 2.45) is 5.73 Å². The minimum absolute atomic E-state index is 0.0165. The molecule has 0 saturated heterocycles. The number of nitrogens with one attached hydrogen (secondary N) is 1. The number of nitrogens with two attached hydrogens (primary N) is 1. The third kappa shape index (κ3) is 3.97. The van der Waals surface area contributed by atoms with E-state index >= 15 is 0 Å². The zero-order valence-corrected chi connectivity index (χ0v) is 16.7. The van der Waals surface area contributed by atoms with E-state index in [1.165, 1.54) is 10.6 Å². The zero-order valence-electron chi connectivity index (χ0n) is 16.7. The third-order valence-electron chi connectivity index (χ3n) is 5.06. The van der Waals surface area contributed by atoms with Gasteiger partial charge < -0.3 is 20.9 Å². The second-order valence-corrected chi connectivity index (χ2v) is 6.94. The largest absolute Gasteiger partial charge is 0.489 e. The number of carbonyl (C=O) groups excluding carboxylic acids is 2. The fourth-order valence-corrected chi connectivity index (χ4v) is 3.12. The van der Waals surface area contributed by atoms with Gasteiger partial charge in [-0.1, -0.05) is 25.1 Å². The Morgan fingerprint density at radius 3 is 2.70 bits per heavy atom. The highest BCUT2D eigenvalue weighted by Crippen LogP contribution is 2.23. The first kappa shape index (κ1) is 21.3. The van der Waals surface area contributed by atoms with E-state index in [0.29, 0.717) is 22.5 Å². The number of nitrogens with zero attached hydrogens (tertiary/aromatic N) is 2. The van der Waals surface area contributed by atoms with Gasteiger partial charge in [0.15, 0.2) is 0 Å². The van der Waals surface area contributed by atoms with Crippen LogP contribution in [0.25, 0.3) is 5.52 Å². The van der Waals surface area contributed by atoms with Crippen molar-refractivity contribution in [2.45, 2.75) is 32.4 Å². The third-order valence-corrected chi connectivity index (χ3v) is 5.06. The summed E-state index contributed by atoms with van der Waals surface area (Å²) in [7, 11) is 0. The highest BCUT2D eigenvalue weighted by molar-refractivity contribution is 6.04. The summed E-state index contributed by atoms with van der Waals surface area (Å²) in [5.74, 6) is -1.38. The summed E-state index contributed by atoms with van der Waals surface area (Å²) in [6.45, 7) is 2.68. The Morgan fingerprint density at radius 2 is 2.07 bits per heavy atom. The lowest BCUT2D eigenvalue weighted by molar-refractivity contribution is -0.125. The van der Waals surface area contributed by atoms with Crippen molar-refractivity contribution in [3.8, 4) is 5.75 Å². The van der Waals surface area contributed by atoms with E-state index in [9.17, 15) is 19.1 Å². The number of hydrogen-bond donors (Lipinski definition) is 3. The molecule has 158 valence electrons. The summed E-state index contributed by atoms with van der Waals surface area (Å²) in [6, 6.07) is 9.54. The molecule has 4 N–H and O–H groups in total. The van der Waals surface area contributed by atoms with Crippen molar-refractivity contribution in [2.75, 3.05) is 6.61 Å². The molecule has 30 heavy (non-hydrogen) atoms. The van der Waals surface area contributed by atoms with Crippen LogP contribution >= 0.6 is 0 Å². The average molecular weight is 414 g/mol. The normalized spacial score (nSPS) is 13.1. The van der Waals surface area contributed by atoms with Crippen molar-refractivity contribution in [1.29, 1.82) is 0 Å². The lowest BCUT2D eigenvalue weighted by Crippen LogP contribution is -2.59. The maximum absolute atomic E-state index is 13.8. The van der Waals surface area contributed by atoms with Crippen molar-refractivity contribution >= 4 is 17.3 Å². The monoisotopic (exact) mass is 414 g/mol. The van der Waals surface area contributed by atoms with Crippen LogP contribution in [-0.4, -0.2) is 38.7 Å². The Hall–Kier alpha value is -3.46. The van der Waals surface area contributed by atoms with Gasteiger partial charge in [0.1, 0.15) is 23.7 Å². The van der Waals surface area contributed by atoms with Gasteiger partial charge in [0, 0.05) is 17.8 Å². The number of pyridine rings is 1. The molecule has 0 radical (unpaired) electrons. The van der Waals surface area contributed by atoms with E-state index in [2.05, 4.69) is 10.4 Å². The molecule has 1 aromatic carbocycles. The molecule has 0 aliphatic heterocycles. The van der Waals surface area contributed by atoms with Crippen molar-refractivity contribution in [3.05, 3.63) is 65.2 Å². The number of aliphatic hydroxyl groups excluding tert-OH is 1. The van der Waals surface area contributed by atoms with E-state index in [4.69, 9.17) is 10.5 Å². The molecule has 2 amide bonds. The van der Waals surface area contributed by atoms with Gasteiger partial charge in [0.25, 0.3) is 5.91 Å². The summed E-state index contributed by atoms with van der Waals surface area (Å²) in [5.41, 5.74) is 5.30. The number of ether oxygens (including phenoxy) is 1. The van der Waals surface area contributed by atoms with Gasteiger partial charge in [-0.05, 0) is 25.5 Å². The maximum atomic E-state index is 13.8. The molecule has 0 saturated carbocycles. The number of carbonyl (C=O) groups is 2. The number of hydrogen-bond acceptors (Lipinski definition) is 5. The second kappa shape index (κ2) is 8.50. The van der Waals surface area contributed by atoms with Gasteiger partial charge in [-0.15, -0.1) is 0 Å². The van der Waals surface area contributed by atoms with Crippen molar-refractivity contribution in [3.63, 3.8) is 0 Å². The molecule has 0 fully saturated rings. The number of fused-ring (bicyclic) bond motifs is 1. The summed E-state index contributed by atoms with van der Waals surface area (Å²) in [6.07, 6.45) is 1.74. The summed E-state index contributed by atoms with van der Waals surface area (Å²) in [4.78, 5) is 24.8. The van der Waals surface area contributed by atoms with Gasteiger partial charge in [-0.2, -0.15) is 5.10 Å². The van der Waals surface area contributed by atoms with E-state index in [1.807, 2.05) is 0 Å². The molecule has 0 aliphatic rings. The Bertz CT molecular complexity index is 1090. The van der Waals surface area contributed by atoms with Crippen LogP contribution in [0.2, 0.25) is 0 Å². The first-order valence-electron chi connectivity index (χ1n) is 9.39. The van der Waals surface area contributed by atoms with E-state index in [-0.39, 0.29) is 24.4 Å². The smallest absolute Gasteiger partial charge is 0.256 e. The molecule has 1 atom stereocenters. The standard InChI is InChI=1S/C21H23FN4O4/c1-3-21(12-27,20(23)29)24-19(28)18-13(2)25-26-9-8-15(10-17(18)26)30-11-14-6-4-5-7-16(14)22/h4-10,27H,3,11-12H2,1-2H3,(H2,23,29)(H,24,28). The van der Waals surface area contributed by atoms with E-state index < -0.39 is 24.0 Å². The average Bonchev–Trinajstić information content (AvgIpc) is 3.06. The number of aliphatic hydroxyl groups is 1. The van der Waals surface area contributed by atoms with Crippen LogP contribution in [0.15, 0.2) is 42.6 Å². The molecule has 0 aliphatic carbocycles. The molecular formula is C21H23FN4O4. The zero-order chi connectivity index (χ0) is 21.9. The highest BCUT2D eigenvalue weighted by Gasteiger charge is 2.37. The van der Waals surface area contributed by atoms with E-state index in [0.717, 1.165) is 0 Å². The maximum Gasteiger partial charge on any atom is 0.256 e. The van der Waals surface area contributed by atoms with Crippen LogP contribution < -0.4 is 15.8 Å². The number of amides is 2. The fourth-order valence-electron chi connectivity index (χ4n) is 3.12. The molecule has 0 spiro atoms. The Labute approximate surface area is 172 Å². The number of aromatic nitrogens is 2. The van der Waals surface area contributed by atoms with Crippen LogP contribution in [0.5, 0.6) is 5.75 Å². The summed E-state index contributed by atoms with van der Waals surface area (Å²) >= 11 is 0. The summed E-state index contributed by atoms with van der Waals surface area (Å²) in [5, 5.41) is 16.5. The molecule has 2 heterocycles. The van der Waals surface area contributed by atoms with Gasteiger partial charge in [0.2, 0.25) is 5.91 Å². The van der Waals surface area contributed by atoms with Crippen LogP contribution in [0.1, 0.15) is 35.0 Å². The minimum Gasteiger partial charge on any atom is -0.489 e. The molecule has 3 rings (SSSR count). The van der Waals surface area contributed by atoms with Gasteiger partial charge in [0.05, 0.1) is 23.4 Å². The molecule has 1 unspecified atom stereocenters. The molecule has 3 aromatic rings. The number of rotatable bonds is 8. The lowest BCUT2D eigenvalue weighted by Gasteiger charge is -2.28. The Kier molecular flexibility index (Phi) is 6.02. The topological polar surface area (TPSA) is 119 Å². The van der Waals surface area contributed by atoms with Gasteiger partial charge >= 0.3 is 0 Å². The minimum atomic E-state index is -1.57. The molecule has 9 heteroatoms. The quantitative estimate of drug-likeness (QED) is 0.519. The number of benzene rings is 1. The van der Waals surface area contributed by atoms with E-state index in [1.54, 1.807) is 50.4 Å². The molecule has 8 nitrogen and oxygen atoms in total. The molecular weight excluding hydrogens is 391 g/mol. The molecule has 0 bridgehead atoms. The van der Waals surface area contributed by atoms with Crippen molar-refractivity contribution < 1.29 is 23.8 Å². The summed E-state index contributed by atoms with van der Waals surface area (Å²) < 4.78 is 21.0. The lowest BCUT2D eigenvalue weighted by atomic mass is 9.95. The van der Waals surface area contributed by atoms with Gasteiger partial charge in [-0.3, -0.25) is 9.59 Å². The van der Waals surface area contributed by atoms with Crippen LogP contribution in [-0.2, 0) is 11.4 Å². The highest BCUT2D eigenvalue weighted by atomic mass is 19.1. The predicted molar refractivity (Wildman–Crippen MR) is 107 cm³/mol. The van der Waals surface area contributed by atoms with Crippen molar-refractivity contribution in [1.82, 2.24) is 14.9 Å². The SMILES string of the molecule is CCC(CO)(NC(=O)c1c(C)nn2ccc(OCc3ccccc3F)cc12)C(N)=O. The van der Waals surface area contributed by atoms with Crippen LogP contribution in [0, 0.1) is 12.7 Å². The number of primary amides is 1. The first-order valence-corrected chi connectivity index (χ1v) is 9.39. The number of halogens is 1. The van der Waals surface area contributed by atoms with Crippen LogP contribution in [0.4, 0.5) is 4.39 Å². The Balaban J connectivity index is 1.91. The number of aryl methyl sites for hydroxylation is 1. The fraction of sp³-hybridized carbons (Fsp3) is 0.286. The van der Waals surface area contributed by atoms with Gasteiger partial charge in [-0.25, -0.2) is 8.91 Å². The predicted octanol–water partition coefficient (Wildman–Crippen LogP) is 1.72. The molecule has 2 aromatic heterocycles. The van der Waals surface area contributed by atoms with Crippen LogP contribution in [0.3, 0.4) is 0 Å².